The highest BCUT2D eigenvalue weighted by Gasteiger charge is 2.08. The molecular weight excluding hydrogens is 224 g/mol. The van der Waals surface area contributed by atoms with Crippen molar-refractivity contribution in [1.82, 2.24) is 0 Å². The van der Waals surface area contributed by atoms with Crippen molar-refractivity contribution in [3.05, 3.63) is 58.1 Å². The van der Waals surface area contributed by atoms with Crippen LogP contribution in [0.15, 0.2) is 30.3 Å². The number of aromatic hydroxyl groups is 2. The first-order chi connectivity index (χ1) is 8.49. The van der Waals surface area contributed by atoms with Crippen molar-refractivity contribution >= 4 is 0 Å². The standard InChI is InChI=1S/C16H18O2/c1-10-5-4-6-15(17)14(10)9-13-7-11(2)16(18)12(3)8-13/h4-8,17-18H,9H2,1-3H3. The predicted octanol–water partition coefficient (Wildman–Crippen LogP) is 3.61. The summed E-state index contributed by atoms with van der Waals surface area (Å²) in [5.41, 5.74) is 4.88. The van der Waals surface area contributed by atoms with Crippen molar-refractivity contribution in [3.63, 3.8) is 0 Å². The van der Waals surface area contributed by atoms with Crippen LogP contribution < -0.4 is 0 Å². The average Bonchev–Trinajstić information content (AvgIpc) is 2.31. The topological polar surface area (TPSA) is 40.5 Å². The van der Waals surface area contributed by atoms with Gasteiger partial charge in [0.2, 0.25) is 0 Å². The summed E-state index contributed by atoms with van der Waals surface area (Å²) >= 11 is 0. The van der Waals surface area contributed by atoms with Crippen LogP contribution in [-0.2, 0) is 6.42 Å². The fourth-order valence-corrected chi connectivity index (χ4v) is 2.27. The molecule has 2 heteroatoms. The Kier molecular flexibility index (Phi) is 3.28. The molecule has 18 heavy (non-hydrogen) atoms. The molecular formula is C16H18O2. The SMILES string of the molecule is Cc1cc(Cc2c(C)cccc2O)cc(C)c1O. The van der Waals surface area contributed by atoms with Crippen LogP contribution in [-0.4, -0.2) is 10.2 Å². The lowest BCUT2D eigenvalue weighted by Gasteiger charge is -2.11. The summed E-state index contributed by atoms with van der Waals surface area (Å²) in [6.45, 7) is 5.78. The van der Waals surface area contributed by atoms with Crippen molar-refractivity contribution < 1.29 is 10.2 Å². The highest BCUT2D eigenvalue weighted by atomic mass is 16.3. The number of phenolic OH excluding ortho intramolecular Hbond substituents is 2. The van der Waals surface area contributed by atoms with E-state index < -0.39 is 0 Å². The predicted molar refractivity (Wildman–Crippen MR) is 73.2 cm³/mol. The Morgan fingerprint density at radius 2 is 1.50 bits per heavy atom. The summed E-state index contributed by atoms with van der Waals surface area (Å²) in [6.07, 6.45) is 0.681. The fraction of sp³-hybridized carbons (Fsp3) is 0.250. The highest BCUT2D eigenvalue weighted by molar-refractivity contribution is 5.46. The Labute approximate surface area is 108 Å². The van der Waals surface area contributed by atoms with Gasteiger partial charge in [-0.1, -0.05) is 24.3 Å². The zero-order valence-electron chi connectivity index (χ0n) is 11.0. The quantitative estimate of drug-likeness (QED) is 0.844. The van der Waals surface area contributed by atoms with Gasteiger partial charge in [-0.2, -0.15) is 0 Å². The number of hydrogen-bond donors (Lipinski definition) is 2. The number of phenols is 2. The lowest BCUT2D eigenvalue weighted by molar-refractivity contribution is 0.466. The Morgan fingerprint density at radius 3 is 2.06 bits per heavy atom. The van der Waals surface area contributed by atoms with Gasteiger partial charge in [0.05, 0.1) is 0 Å². The van der Waals surface area contributed by atoms with Gasteiger partial charge in [0.15, 0.2) is 0 Å². The molecule has 0 aliphatic rings. The van der Waals surface area contributed by atoms with Crippen LogP contribution in [0.25, 0.3) is 0 Å². The van der Waals surface area contributed by atoms with Gasteiger partial charge in [0.1, 0.15) is 11.5 Å². The van der Waals surface area contributed by atoms with Crippen LogP contribution in [0.4, 0.5) is 0 Å². The molecule has 0 fully saturated rings. The average molecular weight is 242 g/mol. The maximum absolute atomic E-state index is 9.90. The second kappa shape index (κ2) is 4.73. The third-order valence-electron chi connectivity index (χ3n) is 3.32. The molecule has 94 valence electrons. The van der Waals surface area contributed by atoms with E-state index in [1.165, 1.54) is 0 Å². The van der Waals surface area contributed by atoms with Gasteiger partial charge in [0.25, 0.3) is 0 Å². The molecule has 0 heterocycles. The number of aryl methyl sites for hydroxylation is 3. The van der Waals surface area contributed by atoms with Crippen molar-refractivity contribution in [2.75, 3.05) is 0 Å². The van der Waals surface area contributed by atoms with E-state index in [9.17, 15) is 10.2 Å². The monoisotopic (exact) mass is 242 g/mol. The van der Waals surface area contributed by atoms with Crippen molar-refractivity contribution in [2.24, 2.45) is 0 Å². The summed E-state index contributed by atoms with van der Waals surface area (Å²) < 4.78 is 0. The van der Waals surface area contributed by atoms with Gasteiger partial charge in [-0.3, -0.25) is 0 Å². The minimum absolute atomic E-state index is 0.332. The normalized spacial score (nSPS) is 10.6. The highest BCUT2D eigenvalue weighted by Crippen LogP contribution is 2.28. The zero-order valence-corrected chi connectivity index (χ0v) is 11.0. The molecule has 0 aliphatic carbocycles. The molecule has 0 atom stereocenters. The van der Waals surface area contributed by atoms with Crippen LogP contribution in [0.3, 0.4) is 0 Å². The third kappa shape index (κ3) is 2.33. The Balaban J connectivity index is 2.41. The van der Waals surface area contributed by atoms with Crippen molar-refractivity contribution in [1.29, 1.82) is 0 Å². The molecule has 0 saturated carbocycles. The van der Waals surface area contributed by atoms with E-state index in [1.807, 2.05) is 45.0 Å². The van der Waals surface area contributed by atoms with Gasteiger partial charge >= 0.3 is 0 Å². The smallest absolute Gasteiger partial charge is 0.121 e. The summed E-state index contributed by atoms with van der Waals surface area (Å²) in [5, 5.41) is 19.7. The maximum atomic E-state index is 9.90. The van der Waals surface area contributed by atoms with E-state index in [0.717, 1.165) is 27.8 Å². The van der Waals surface area contributed by atoms with Crippen LogP contribution in [0, 0.1) is 20.8 Å². The van der Waals surface area contributed by atoms with E-state index in [-0.39, 0.29) is 0 Å². The van der Waals surface area contributed by atoms with Gasteiger partial charge in [-0.05, 0) is 49.1 Å². The third-order valence-corrected chi connectivity index (χ3v) is 3.32. The number of benzene rings is 2. The Hall–Kier alpha value is -1.96. The molecule has 0 bridgehead atoms. The molecule has 0 aliphatic heterocycles. The van der Waals surface area contributed by atoms with Gasteiger partial charge in [-0.25, -0.2) is 0 Å². The van der Waals surface area contributed by atoms with Gasteiger partial charge in [0, 0.05) is 12.0 Å². The van der Waals surface area contributed by atoms with Crippen molar-refractivity contribution in [3.8, 4) is 11.5 Å². The van der Waals surface area contributed by atoms with E-state index in [4.69, 9.17) is 0 Å². The molecule has 2 aromatic carbocycles. The molecule has 0 saturated heterocycles. The van der Waals surface area contributed by atoms with E-state index in [0.29, 0.717) is 17.9 Å². The molecule has 2 N–H and O–H groups in total. The first-order valence-electron chi connectivity index (χ1n) is 6.05. The molecule has 0 amide bonds. The summed E-state index contributed by atoms with van der Waals surface area (Å²) in [4.78, 5) is 0. The fourth-order valence-electron chi connectivity index (χ4n) is 2.27. The summed E-state index contributed by atoms with van der Waals surface area (Å²) in [7, 11) is 0. The van der Waals surface area contributed by atoms with E-state index in [2.05, 4.69) is 0 Å². The number of hydrogen-bond acceptors (Lipinski definition) is 2. The first kappa shape index (κ1) is 12.5. The van der Waals surface area contributed by atoms with Crippen LogP contribution in [0.2, 0.25) is 0 Å². The van der Waals surface area contributed by atoms with Crippen LogP contribution in [0.1, 0.15) is 27.8 Å². The van der Waals surface area contributed by atoms with Gasteiger partial charge in [-0.15, -0.1) is 0 Å². The van der Waals surface area contributed by atoms with Crippen LogP contribution in [0.5, 0.6) is 11.5 Å². The molecule has 0 unspecified atom stereocenters. The minimum atomic E-state index is 0.332. The zero-order chi connectivity index (χ0) is 13.3. The molecule has 2 aromatic rings. The largest absolute Gasteiger partial charge is 0.508 e. The molecule has 0 aromatic heterocycles. The van der Waals surface area contributed by atoms with Crippen molar-refractivity contribution in [2.45, 2.75) is 27.2 Å². The lowest BCUT2D eigenvalue weighted by Crippen LogP contribution is -1.94. The summed E-state index contributed by atoms with van der Waals surface area (Å²) in [5.74, 6) is 0.686. The number of rotatable bonds is 2. The van der Waals surface area contributed by atoms with E-state index >= 15 is 0 Å². The second-order valence-corrected chi connectivity index (χ2v) is 4.83. The maximum Gasteiger partial charge on any atom is 0.121 e. The minimum Gasteiger partial charge on any atom is -0.508 e. The van der Waals surface area contributed by atoms with Gasteiger partial charge < -0.3 is 10.2 Å². The summed E-state index contributed by atoms with van der Waals surface area (Å²) in [6, 6.07) is 9.49. The van der Waals surface area contributed by atoms with E-state index in [1.54, 1.807) is 6.07 Å². The molecule has 0 spiro atoms. The molecule has 0 radical (unpaired) electrons. The second-order valence-electron chi connectivity index (χ2n) is 4.83. The molecule has 2 nitrogen and oxygen atoms in total. The first-order valence-corrected chi connectivity index (χ1v) is 6.05. The molecule has 2 rings (SSSR count). The lowest BCUT2D eigenvalue weighted by atomic mass is 9.96. The Morgan fingerprint density at radius 1 is 0.889 bits per heavy atom. The van der Waals surface area contributed by atoms with Crippen LogP contribution >= 0.6 is 0 Å². The Bertz CT molecular complexity index is 542.